The third kappa shape index (κ3) is 9.84. The summed E-state index contributed by atoms with van der Waals surface area (Å²) >= 11 is 6.23. The molecule has 1 amide bonds. The van der Waals surface area contributed by atoms with E-state index >= 15 is 0 Å². The Hall–Kier alpha value is -5.68. The molecule has 3 aliphatic rings. The van der Waals surface area contributed by atoms with Crippen molar-refractivity contribution in [2.24, 2.45) is 11.3 Å². The van der Waals surface area contributed by atoms with Gasteiger partial charge in [0, 0.05) is 68.7 Å². The molecule has 64 heavy (non-hydrogen) atoms. The molecule has 4 N–H and O–H groups in total. The van der Waals surface area contributed by atoms with Crippen molar-refractivity contribution in [2.45, 2.75) is 69.8 Å². The molecule has 2 heterocycles. The van der Waals surface area contributed by atoms with E-state index in [9.17, 15) is 23.3 Å². The van der Waals surface area contributed by atoms with Crippen molar-refractivity contribution in [1.29, 1.82) is 0 Å². The van der Waals surface area contributed by atoms with Gasteiger partial charge in [-0.3, -0.25) is 24.9 Å². The summed E-state index contributed by atoms with van der Waals surface area (Å²) in [5.41, 5.74) is 11.6. The number of hydrogen-bond donors (Lipinski definition) is 3. The number of carbonyl (C=O) groups excluding carboxylic acids is 1. The van der Waals surface area contributed by atoms with E-state index in [1.165, 1.54) is 34.9 Å². The molecule has 17 heteroatoms. The molecule has 338 valence electrons. The van der Waals surface area contributed by atoms with Gasteiger partial charge in [-0.05, 0) is 128 Å². The average Bonchev–Trinajstić information content (AvgIpc) is 3.69. The maximum Gasteiger partial charge on any atom is 0.302 e. The molecule has 1 saturated carbocycles. The highest BCUT2D eigenvalue weighted by molar-refractivity contribution is 7.89. The maximum atomic E-state index is 14.5. The number of allylic oxidation sites excluding steroid dienone is 1. The molecule has 0 radical (unpaired) electrons. The van der Waals surface area contributed by atoms with Crippen molar-refractivity contribution < 1.29 is 27.7 Å². The quantitative estimate of drug-likeness (QED) is 0.0710. The largest absolute Gasteiger partial charge is 0.382 e. The van der Waals surface area contributed by atoms with Gasteiger partial charge in [-0.25, -0.2) is 0 Å². The van der Waals surface area contributed by atoms with Gasteiger partial charge in [-0.2, -0.15) is 13.5 Å². The molecular weight excluding hydrogens is 856 g/mol. The number of aromatic amines is 1. The molecule has 1 aliphatic heterocycles. The minimum atomic E-state index is -4.89. The van der Waals surface area contributed by atoms with Crippen LogP contribution in [0, 0.1) is 21.4 Å². The molecule has 0 atom stereocenters. The molecular formula is C47H55ClN8O7S. The Bertz CT molecular complexity index is 2640. The number of ether oxygens (including phenoxy) is 1. The van der Waals surface area contributed by atoms with Crippen LogP contribution in [0.5, 0.6) is 5.75 Å². The number of nitro benzene ring substituents is 1. The van der Waals surface area contributed by atoms with Gasteiger partial charge >= 0.3 is 5.91 Å². The van der Waals surface area contributed by atoms with Crippen LogP contribution < -0.4 is 20.8 Å². The summed E-state index contributed by atoms with van der Waals surface area (Å²) in [6, 6.07) is 23.1. The number of aromatic nitrogens is 2. The summed E-state index contributed by atoms with van der Waals surface area (Å²) in [5, 5.41) is 23.3. The zero-order chi connectivity index (χ0) is 45.2. The first-order valence-corrected chi connectivity index (χ1v) is 23.6. The van der Waals surface area contributed by atoms with Gasteiger partial charge in [0.15, 0.2) is 11.6 Å². The molecule has 8 rings (SSSR count). The minimum absolute atomic E-state index is 0.0242. The zero-order valence-corrected chi connectivity index (χ0v) is 38.0. The van der Waals surface area contributed by atoms with Crippen LogP contribution in [0.25, 0.3) is 16.5 Å². The number of amides is 1. The lowest BCUT2D eigenvalue weighted by atomic mass is 9.72. The number of hydroxylamine groups is 1. The molecule has 15 nitrogen and oxygen atoms in total. The van der Waals surface area contributed by atoms with E-state index in [0.717, 1.165) is 94.4 Å². The fourth-order valence-corrected chi connectivity index (χ4v) is 10.5. The number of sulfonamides is 1. The number of nitrogens with two attached hydrogens (primary N) is 1. The maximum absolute atomic E-state index is 14.5. The van der Waals surface area contributed by atoms with Crippen LogP contribution in [0.4, 0.5) is 22.9 Å². The van der Waals surface area contributed by atoms with Crippen molar-refractivity contribution in [3.8, 4) is 5.75 Å². The first kappa shape index (κ1) is 44.9. The normalized spacial score (nSPS) is 19.4. The van der Waals surface area contributed by atoms with Gasteiger partial charge < -0.3 is 25.5 Å². The highest BCUT2D eigenvalue weighted by Gasteiger charge is 2.36. The molecule has 0 bridgehead atoms. The first-order chi connectivity index (χ1) is 30.7. The number of nitrogen functional groups attached to an aromatic ring is 1. The Morgan fingerprint density at radius 1 is 1.02 bits per heavy atom. The Balaban J connectivity index is 1.00. The number of benzene rings is 4. The van der Waals surface area contributed by atoms with Crippen molar-refractivity contribution >= 4 is 66.9 Å². The molecule has 0 unspecified atom stereocenters. The van der Waals surface area contributed by atoms with Gasteiger partial charge in [-0.15, -0.1) is 0 Å². The number of hydrogen-bond acceptors (Lipinski definition) is 12. The Labute approximate surface area is 378 Å². The number of rotatable bonds is 14. The van der Waals surface area contributed by atoms with Crippen LogP contribution in [0.3, 0.4) is 0 Å². The number of methoxy groups -OCH3 is 1. The average molecular weight is 912 g/mol. The Kier molecular flexibility index (Phi) is 13.2. The van der Waals surface area contributed by atoms with E-state index < -0.39 is 31.4 Å². The number of halogens is 1. The second kappa shape index (κ2) is 18.8. The summed E-state index contributed by atoms with van der Waals surface area (Å²) in [6.07, 6.45) is 7.02. The zero-order valence-electron chi connectivity index (χ0n) is 36.4. The number of nitrogens with zero attached hydrogens (tertiary/aromatic N) is 5. The standard InChI is InChI=1S/C47H55ClN8O7S/c1-47(2)22-21-34(39(28-47)32-9-13-35(48)14-10-32)30-53-23-25-54(26-24-53)36-15-11-33(12-16-36)46(57)56(63-43-6-4-5-41-44(43)45(49)52-51-41)64(60,61)38-19-20-40(42(27-38)55(58)59)50-29-31-7-17-37(62-3)18-8-31/h4-6,9-16,19-20,27,31,37,50H,7-8,17-18,21-26,28-30H2,1-3H3,(H3,49,51,52). The van der Waals surface area contributed by atoms with Crippen LogP contribution in [0.15, 0.2) is 95.4 Å². The fourth-order valence-electron chi connectivity index (χ4n) is 9.14. The predicted molar refractivity (Wildman–Crippen MR) is 250 cm³/mol. The summed E-state index contributed by atoms with van der Waals surface area (Å²) in [7, 11) is -3.19. The number of fused-ring (bicyclic) bond motifs is 1. The molecule has 2 aliphatic carbocycles. The van der Waals surface area contributed by atoms with Crippen LogP contribution in [-0.4, -0.2) is 91.3 Å². The van der Waals surface area contributed by atoms with E-state index in [0.29, 0.717) is 12.1 Å². The van der Waals surface area contributed by atoms with Crippen LogP contribution in [-0.2, 0) is 14.8 Å². The van der Waals surface area contributed by atoms with Gasteiger partial charge in [0.1, 0.15) is 5.69 Å². The minimum Gasteiger partial charge on any atom is -0.382 e. The molecule has 1 saturated heterocycles. The van der Waals surface area contributed by atoms with Crippen LogP contribution in [0.2, 0.25) is 5.02 Å². The van der Waals surface area contributed by atoms with Crippen molar-refractivity contribution in [3.05, 3.63) is 117 Å². The lowest BCUT2D eigenvalue weighted by Gasteiger charge is -2.39. The highest BCUT2D eigenvalue weighted by Crippen LogP contribution is 2.43. The number of H-pyrrole nitrogens is 1. The predicted octanol–water partition coefficient (Wildman–Crippen LogP) is 8.93. The summed E-state index contributed by atoms with van der Waals surface area (Å²) < 4.78 is 34.8. The second-order valence-corrected chi connectivity index (χ2v) is 20.0. The van der Waals surface area contributed by atoms with Gasteiger partial charge in [0.25, 0.3) is 15.7 Å². The van der Waals surface area contributed by atoms with Gasteiger partial charge in [-0.1, -0.05) is 53.7 Å². The van der Waals surface area contributed by atoms with Crippen LogP contribution in [0.1, 0.15) is 74.7 Å². The van der Waals surface area contributed by atoms with E-state index in [-0.39, 0.29) is 50.1 Å². The lowest BCUT2D eigenvalue weighted by molar-refractivity contribution is -0.384. The summed E-state index contributed by atoms with van der Waals surface area (Å²) in [4.78, 5) is 36.4. The molecule has 1 aromatic heterocycles. The topological polar surface area (TPSA) is 189 Å². The lowest BCUT2D eigenvalue weighted by Crippen LogP contribution is -2.47. The molecule has 2 fully saturated rings. The van der Waals surface area contributed by atoms with Crippen molar-refractivity contribution in [3.63, 3.8) is 0 Å². The number of nitro groups is 1. The fraction of sp³-hybridized carbons (Fsp3) is 0.404. The van der Waals surface area contributed by atoms with Gasteiger partial charge in [0.2, 0.25) is 0 Å². The molecule has 4 aromatic carbocycles. The third-order valence-corrected chi connectivity index (χ3v) is 14.7. The van der Waals surface area contributed by atoms with E-state index in [1.807, 2.05) is 12.1 Å². The number of nitrogens with one attached hydrogen (secondary N) is 2. The van der Waals surface area contributed by atoms with E-state index in [1.54, 1.807) is 43.5 Å². The van der Waals surface area contributed by atoms with E-state index in [2.05, 4.69) is 51.3 Å². The van der Waals surface area contributed by atoms with E-state index in [4.69, 9.17) is 26.9 Å². The SMILES string of the molecule is COC1CCC(CNc2ccc(S(=O)(=O)N(Oc3cccc4[nH]nc(N)c34)C(=O)c3ccc(N4CCN(CC5=C(c6ccc(Cl)cc6)CC(C)(C)CC5)CC4)cc3)cc2[N+](=O)[O-])CC1. The summed E-state index contributed by atoms with van der Waals surface area (Å²) in [5.74, 6) is -0.758. The van der Waals surface area contributed by atoms with Crippen molar-refractivity contribution in [1.82, 2.24) is 19.6 Å². The highest BCUT2D eigenvalue weighted by atomic mass is 35.5. The third-order valence-electron chi connectivity index (χ3n) is 13.0. The Morgan fingerprint density at radius 3 is 2.42 bits per heavy atom. The monoisotopic (exact) mass is 910 g/mol. The molecule has 0 spiro atoms. The molecule has 5 aromatic rings. The number of carbonyl (C=O) groups is 1. The number of piperazine rings is 1. The Morgan fingerprint density at radius 2 is 1.73 bits per heavy atom. The van der Waals surface area contributed by atoms with Gasteiger partial charge in [0.05, 0.1) is 26.8 Å². The first-order valence-electron chi connectivity index (χ1n) is 21.8. The smallest absolute Gasteiger partial charge is 0.302 e. The summed E-state index contributed by atoms with van der Waals surface area (Å²) in [6.45, 7) is 9.26. The number of anilines is 3. The van der Waals surface area contributed by atoms with Crippen LogP contribution >= 0.6 is 11.6 Å². The van der Waals surface area contributed by atoms with Crippen molar-refractivity contribution in [2.75, 3.05) is 62.3 Å². The second-order valence-electron chi connectivity index (χ2n) is 17.9.